The van der Waals surface area contributed by atoms with Crippen molar-refractivity contribution in [3.63, 3.8) is 0 Å². The number of pyridine rings is 1. The lowest BCUT2D eigenvalue weighted by Crippen LogP contribution is -2.44. The van der Waals surface area contributed by atoms with Gasteiger partial charge in [-0.1, -0.05) is 0 Å². The molecule has 0 aliphatic heterocycles. The van der Waals surface area contributed by atoms with E-state index in [1.54, 1.807) is 20.8 Å². The molecule has 1 amide bonds. The molecule has 1 rings (SSSR count). The Balaban J connectivity index is 2.86. The van der Waals surface area contributed by atoms with Gasteiger partial charge in [-0.2, -0.15) is 13.8 Å². The van der Waals surface area contributed by atoms with E-state index in [9.17, 15) is 27.2 Å². The topological polar surface area (TPSA) is 88.5 Å². The Morgan fingerprint density at radius 1 is 1.21 bits per heavy atom. The zero-order chi connectivity index (χ0) is 18.7. The van der Waals surface area contributed by atoms with Crippen LogP contribution in [0.15, 0.2) is 4.90 Å². The van der Waals surface area contributed by atoms with Crippen LogP contribution >= 0.6 is 11.8 Å². The maximum absolute atomic E-state index is 13.5. The first kappa shape index (κ1) is 20.0. The summed E-state index contributed by atoms with van der Waals surface area (Å²) in [7, 11) is 0. The molecule has 0 aromatic carbocycles. The first-order valence-corrected chi connectivity index (χ1v) is 7.46. The Labute approximate surface area is 138 Å². The molecule has 1 atom stereocenters. The van der Waals surface area contributed by atoms with E-state index in [4.69, 9.17) is 9.84 Å². The summed E-state index contributed by atoms with van der Waals surface area (Å²) in [5, 5.41) is 11.0. The second kappa shape index (κ2) is 7.69. The Morgan fingerprint density at radius 3 is 2.12 bits per heavy atom. The van der Waals surface area contributed by atoms with Crippen LogP contribution < -0.4 is 5.32 Å². The van der Waals surface area contributed by atoms with Crippen molar-refractivity contribution in [2.24, 2.45) is 0 Å². The number of carboxylic acid groups (broad SMARTS) is 1. The Morgan fingerprint density at radius 2 is 1.71 bits per heavy atom. The number of carboxylic acids is 1. The average Bonchev–Trinajstić information content (AvgIpc) is 2.41. The number of amides is 1. The van der Waals surface area contributed by atoms with Crippen LogP contribution in [0.5, 0.6) is 0 Å². The van der Waals surface area contributed by atoms with Crippen LogP contribution in [0.25, 0.3) is 0 Å². The highest BCUT2D eigenvalue weighted by Crippen LogP contribution is 2.28. The predicted octanol–water partition coefficient (Wildman–Crippen LogP) is 2.71. The molecular weight excluding hydrogens is 356 g/mol. The number of nitrogens with zero attached hydrogens (tertiary/aromatic N) is 1. The highest BCUT2D eigenvalue weighted by molar-refractivity contribution is 7.99. The molecule has 0 spiro atoms. The standard InChI is InChI=1S/C13H14F4N2O4S/c1-13(2,3)23-12(22)18-5(11(20)21)4-24-8-6(14)9(16)19-10(17)7(8)15/h5H,4H2,1-3H3,(H,18,22)(H,20,21)/t5-/m0/s1. The molecule has 1 aromatic rings. The van der Waals surface area contributed by atoms with E-state index in [0.29, 0.717) is 0 Å². The van der Waals surface area contributed by atoms with Gasteiger partial charge < -0.3 is 15.2 Å². The molecular formula is C13H14F4N2O4S. The number of aromatic nitrogens is 1. The number of ether oxygens (including phenoxy) is 1. The minimum atomic E-state index is -1.86. The molecule has 0 radical (unpaired) electrons. The second-order valence-electron chi connectivity index (χ2n) is 5.50. The van der Waals surface area contributed by atoms with Crippen molar-refractivity contribution < 1.29 is 37.0 Å². The smallest absolute Gasteiger partial charge is 0.408 e. The van der Waals surface area contributed by atoms with Crippen LogP contribution in [0.1, 0.15) is 20.8 Å². The van der Waals surface area contributed by atoms with Gasteiger partial charge in [0.25, 0.3) is 11.9 Å². The van der Waals surface area contributed by atoms with Crippen LogP contribution in [-0.4, -0.2) is 39.5 Å². The molecule has 0 aliphatic rings. The molecule has 0 aliphatic carbocycles. The van der Waals surface area contributed by atoms with Crippen molar-refractivity contribution >= 4 is 23.8 Å². The van der Waals surface area contributed by atoms with E-state index in [1.807, 2.05) is 5.32 Å². The number of rotatable bonds is 5. The maximum Gasteiger partial charge on any atom is 0.408 e. The average molecular weight is 370 g/mol. The molecule has 0 saturated heterocycles. The van der Waals surface area contributed by atoms with Gasteiger partial charge in [-0.25, -0.2) is 18.4 Å². The normalized spacial score (nSPS) is 12.6. The van der Waals surface area contributed by atoms with Crippen LogP contribution in [0.3, 0.4) is 0 Å². The summed E-state index contributed by atoms with van der Waals surface area (Å²) < 4.78 is 57.7. The Bertz CT molecular complexity index is 626. The maximum atomic E-state index is 13.5. The summed E-state index contributed by atoms with van der Waals surface area (Å²) in [6.07, 6.45) is -1.07. The summed E-state index contributed by atoms with van der Waals surface area (Å²) in [4.78, 5) is 23.9. The summed E-state index contributed by atoms with van der Waals surface area (Å²) in [5.74, 6) is -9.35. The zero-order valence-corrected chi connectivity index (χ0v) is 13.6. The van der Waals surface area contributed by atoms with Crippen LogP contribution in [-0.2, 0) is 9.53 Å². The highest BCUT2D eigenvalue weighted by Gasteiger charge is 2.27. The van der Waals surface area contributed by atoms with Gasteiger partial charge >= 0.3 is 12.1 Å². The van der Waals surface area contributed by atoms with Gasteiger partial charge in [-0.3, -0.25) is 0 Å². The van der Waals surface area contributed by atoms with Gasteiger partial charge in [0.1, 0.15) is 11.6 Å². The minimum Gasteiger partial charge on any atom is -0.480 e. The third kappa shape index (κ3) is 5.55. The van der Waals surface area contributed by atoms with Crippen LogP contribution in [0.2, 0.25) is 0 Å². The molecule has 24 heavy (non-hydrogen) atoms. The van der Waals surface area contributed by atoms with E-state index in [-0.39, 0.29) is 11.8 Å². The van der Waals surface area contributed by atoms with E-state index in [1.165, 1.54) is 0 Å². The van der Waals surface area contributed by atoms with Gasteiger partial charge in [0.05, 0.1) is 4.90 Å². The zero-order valence-electron chi connectivity index (χ0n) is 12.8. The minimum absolute atomic E-state index is 0.177. The summed E-state index contributed by atoms with van der Waals surface area (Å²) >= 11 is 0.177. The quantitative estimate of drug-likeness (QED) is 0.471. The number of hydrogen-bond acceptors (Lipinski definition) is 5. The largest absolute Gasteiger partial charge is 0.480 e. The van der Waals surface area contributed by atoms with Gasteiger partial charge in [0.2, 0.25) is 0 Å². The number of halogens is 4. The third-order valence-corrected chi connectivity index (χ3v) is 3.49. The number of carbonyl (C=O) groups excluding carboxylic acids is 1. The number of aliphatic carboxylic acids is 1. The molecule has 6 nitrogen and oxygen atoms in total. The number of carbonyl (C=O) groups is 2. The first-order valence-electron chi connectivity index (χ1n) is 6.47. The van der Waals surface area contributed by atoms with Crippen molar-refractivity contribution in [3.05, 3.63) is 23.5 Å². The second-order valence-corrected chi connectivity index (χ2v) is 6.53. The molecule has 0 unspecified atom stereocenters. The lowest BCUT2D eigenvalue weighted by molar-refractivity contribution is -0.138. The molecule has 0 bridgehead atoms. The number of thioether (sulfide) groups is 1. The molecule has 0 saturated carbocycles. The number of nitrogens with one attached hydrogen (secondary N) is 1. The molecule has 1 aromatic heterocycles. The van der Waals surface area contributed by atoms with Crippen LogP contribution in [0.4, 0.5) is 22.4 Å². The summed E-state index contributed by atoms with van der Waals surface area (Å²) in [5.41, 5.74) is -0.893. The van der Waals surface area contributed by atoms with Gasteiger partial charge in [0.15, 0.2) is 11.6 Å². The van der Waals surface area contributed by atoms with Crippen LogP contribution in [0, 0.1) is 23.5 Å². The number of hydrogen-bond donors (Lipinski definition) is 2. The fourth-order valence-electron chi connectivity index (χ4n) is 1.39. The van der Waals surface area contributed by atoms with Crippen molar-refractivity contribution in [2.45, 2.75) is 37.3 Å². The van der Waals surface area contributed by atoms with E-state index >= 15 is 0 Å². The Hall–Kier alpha value is -2.04. The van der Waals surface area contributed by atoms with E-state index in [2.05, 4.69) is 4.98 Å². The van der Waals surface area contributed by atoms with Gasteiger partial charge in [-0.15, -0.1) is 11.8 Å². The monoisotopic (exact) mass is 370 g/mol. The van der Waals surface area contributed by atoms with Crippen molar-refractivity contribution in [3.8, 4) is 0 Å². The fraction of sp³-hybridized carbons (Fsp3) is 0.462. The lowest BCUT2D eigenvalue weighted by atomic mass is 10.2. The summed E-state index contributed by atoms with van der Waals surface area (Å²) in [6.45, 7) is 4.64. The predicted molar refractivity (Wildman–Crippen MR) is 75.6 cm³/mol. The molecule has 0 fully saturated rings. The van der Waals surface area contributed by atoms with Crippen molar-refractivity contribution in [2.75, 3.05) is 5.75 Å². The fourth-order valence-corrected chi connectivity index (χ4v) is 2.37. The molecule has 2 N–H and O–H groups in total. The van der Waals surface area contributed by atoms with E-state index in [0.717, 1.165) is 0 Å². The van der Waals surface area contributed by atoms with E-state index < -0.39 is 57.9 Å². The third-order valence-electron chi connectivity index (χ3n) is 2.34. The molecule has 11 heteroatoms. The molecule has 1 heterocycles. The highest BCUT2D eigenvalue weighted by atomic mass is 32.2. The van der Waals surface area contributed by atoms with Crippen molar-refractivity contribution in [1.29, 1.82) is 0 Å². The SMILES string of the molecule is CC(C)(C)OC(=O)N[C@@H](CSc1c(F)c(F)nc(F)c1F)C(=O)O. The van der Waals surface area contributed by atoms with Crippen molar-refractivity contribution in [1.82, 2.24) is 10.3 Å². The molecule has 134 valence electrons. The summed E-state index contributed by atoms with van der Waals surface area (Å²) in [6, 6.07) is -1.61. The number of alkyl carbamates (subject to hydrolysis) is 1. The first-order chi connectivity index (χ1) is 10.9. The van der Waals surface area contributed by atoms with Gasteiger partial charge in [0, 0.05) is 5.75 Å². The Kier molecular flexibility index (Phi) is 6.41. The lowest BCUT2D eigenvalue weighted by Gasteiger charge is -2.21. The van der Waals surface area contributed by atoms with Gasteiger partial charge in [-0.05, 0) is 20.8 Å².